The number of likely N-dealkylation sites (N-methyl/N-ethyl adjacent to an activating group) is 1. The minimum absolute atomic E-state index is 0.119. The summed E-state index contributed by atoms with van der Waals surface area (Å²) in [5, 5.41) is 31.5. The van der Waals surface area contributed by atoms with E-state index in [2.05, 4.69) is 21.3 Å². The fourth-order valence-electron chi connectivity index (χ4n) is 3.32. The van der Waals surface area contributed by atoms with Gasteiger partial charge in [-0.1, -0.05) is 0 Å². The van der Waals surface area contributed by atoms with E-state index in [4.69, 9.17) is 11.6 Å². The summed E-state index contributed by atoms with van der Waals surface area (Å²) in [7, 11) is 1.59. The summed E-state index contributed by atoms with van der Waals surface area (Å²) in [6.07, 6.45) is 0.650. The number of hydrogen-bond acceptors (Lipinski definition) is 9. The third-order valence-electron chi connectivity index (χ3n) is 5.42. The van der Waals surface area contributed by atoms with Crippen molar-refractivity contribution < 1.29 is 29.4 Å². The molecule has 0 spiro atoms. The van der Waals surface area contributed by atoms with Crippen LogP contribution in [0.15, 0.2) is 0 Å². The normalized spacial score (nSPS) is 29.1. The Hall–Kier alpha value is -2.32. The molecule has 32 heavy (non-hydrogen) atoms. The van der Waals surface area contributed by atoms with Crippen LogP contribution in [-0.4, -0.2) is 95.9 Å². The molecule has 0 aromatic carbocycles. The summed E-state index contributed by atoms with van der Waals surface area (Å²) < 4.78 is 0. The molecule has 10 N–H and O–H groups in total. The van der Waals surface area contributed by atoms with Crippen molar-refractivity contribution in [1.29, 1.82) is 0 Å². The number of nitrogens with zero attached hydrogens (tertiary/aromatic N) is 1. The van der Waals surface area contributed by atoms with E-state index >= 15 is 0 Å². The highest BCUT2D eigenvalue weighted by molar-refractivity contribution is 5.89. The molecule has 5 atom stereocenters. The van der Waals surface area contributed by atoms with E-state index in [9.17, 15) is 29.4 Å². The third kappa shape index (κ3) is 9.04. The lowest BCUT2D eigenvalue weighted by Crippen LogP contribution is -2.61. The highest BCUT2D eigenvalue weighted by Crippen LogP contribution is 2.06. The molecular weight excluding hydrogens is 422 g/mol. The van der Waals surface area contributed by atoms with Crippen molar-refractivity contribution in [2.24, 2.45) is 11.6 Å². The Morgan fingerprint density at radius 3 is 2.47 bits per heavy atom. The first-order chi connectivity index (χ1) is 15.1. The number of aliphatic hydroxyl groups is 2. The van der Waals surface area contributed by atoms with Crippen LogP contribution in [-0.2, 0) is 19.2 Å². The van der Waals surface area contributed by atoms with E-state index in [1.807, 2.05) is 0 Å². The molecule has 1 saturated heterocycles. The zero-order valence-electron chi connectivity index (χ0n) is 18.7. The monoisotopic (exact) mass is 459 g/mol. The van der Waals surface area contributed by atoms with Gasteiger partial charge in [0.2, 0.25) is 23.6 Å². The lowest BCUT2D eigenvalue weighted by molar-refractivity contribution is -0.132. The molecule has 1 aliphatic rings. The number of carbonyl (C=O) groups excluding carboxylic acids is 4. The molecule has 13 nitrogen and oxygen atoms in total. The first-order valence-corrected chi connectivity index (χ1v) is 10.7. The SMILES string of the molecule is CN[C@H]1CCC(=O)NCCCC[C@@H](C(N)=O)NC(=O)[C@H](CO)N(N)C[C@H](C(C)O)NC1=O. The Labute approximate surface area is 187 Å². The molecule has 1 heterocycles. The lowest BCUT2D eigenvalue weighted by atomic mass is 10.1. The topological polar surface area (TPSA) is 212 Å². The van der Waals surface area contributed by atoms with Crippen LogP contribution in [0.5, 0.6) is 0 Å². The Kier molecular flexibility index (Phi) is 12.1. The maximum absolute atomic E-state index is 12.6. The molecule has 0 bridgehead atoms. The molecule has 0 aliphatic carbocycles. The van der Waals surface area contributed by atoms with Gasteiger partial charge in [0.05, 0.1) is 24.8 Å². The van der Waals surface area contributed by atoms with Gasteiger partial charge in [0.1, 0.15) is 12.1 Å². The number of aliphatic hydroxyl groups excluding tert-OH is 2. The van der Waals surface area contributed by atoms with Crippen LogP contribution in [0, 0.1) is 0 Å². The van der Waals surface area contributed by atoms with Gasteiger partial charge in [-0.25, -0.2) is 5.01 Å². The molecule has 0 aromatic heterocycles. The number of rotatable bonds is 4. The molecule has 1 aliphatic heterocycles. The summed E-state index contributed by atoms with van der Waals surface area (Å²) >= 11 is 0. The number of nitrogens with one attached hydrogen (secondary N) is 4. The zero-order valence-corrected chi connectivity index (χ0v) is 18.7. The van der Waals surface area contributed by atoms with Crippen molar-refractivity contribution in [2.75, 3.05) is 26.7 Å². The van der Waals surface area contributed by atoms with Crippen LogP contribution in [0.4, 0.5) is 0 Å². The fraction of sp³-hybridized carbons (Fsp3) is 0.789. The molecule has 184 valence electrons. The van der Waals surface area contributed by atoms with Crippen LogP contribution in [0.25, 0.3) is 0 Å². The molecule has 4 amide bonds. The molecule has 0 aromatic rings. The van der Waals surface area contributed by atoms with Crippen molar-refractivity contribution in [3.8, 4) is 0 Å². The average molecular weight is 460 g/mol. The van der Waals surface area contributed by atoms with Crippen LogP contribution in [0.1, 0.15) is 39.0 Å². The van der Waals surface area contributed by atoms with E-state index in [0.717, 1.165) is 5.01 Å². The minimum Gasteiger partial charge on any atom is -0.394 e. The molecule has 1 fully saturated rings. The van der Waals surface area contributed by atoms with Gasteiger partial charge in [-0.3, -0.25) is 25.0 Å². The molecule has 1 rings (SSSR count). The highest BCUT2D eigenvalue weighted by Gasteiger charge is 2.31. The lowest BCUT2D eigenvalue weighted by Gasteiger charge is -2.32. The van der Waals surface area contributed by atoms with Crippen molar-refractivity contribution in [1.82, 2.24) is 26.3 Å². The molecule has 13 heteroatoms. The zero-order chi connectivity index (χ0) is 24.3. The summed E-state index contributed by atoms with van der Waals surface area (Å²) in [5.41, 5.74) is 5.38. The van der Waals surface area contributed by atoms with Gasteiger partial charge in [0.25, 0.3) is 0 Å². The van der Waals surface area contributed by atoms with Gasteiger partial charge in [-0.2, -0.15) is 0 Å². The summed E-state index contributed by atoms with van der Waals surface area (Å²) in [4.78, 5) is 49.1. The van der Waals surface area contributed by atoms with Crippen molar-refractivity contribution in [2.45, 2.75) is 69.3 Å². The van der Waals surface area contributed by atoms with Gasteiger partial charge >= 0.3 is 0 Å². The molecule has 0 radical (unpaired) electrons. The maximum atomic E-state index is 12.6. The van der Waals surface area contributed by atoms with Gasteiger partial charge in [0, 0.05) is 19.5 Å². The number of carbonyl (C=O) groups is 4. The maximum Gasteiger partial charge on any atom is 0.241 e. The second-order valence-electron chi connectivity index (χ2n) is 7.94. The molecule has 0 saturated carbocycles. The average Bonchev–Trinajstić information content (AvgIpc) is 2.72. The predicted molar refractivity (Wildman–Crippen MR) is 115 cm³/mol. The van der Waals surface area contributed by atoms with Crippen LogP contribution in [0.2, 0.25) is 0 Å². The number of primary amides is 1. The van der Waals surface area contributed by atoms with E-state index in [0.29, 0.717) is 19.4 Å². The van der Waals surface area contributed by atoms with Crippen LogP contribution >= 0.6 is 0 Å². The predicted octanol–water partition coefficient (Wildman–Crippen LogP) is -3.97. The van der Waals surface area contributed by atoms with E-state index in [1.165, 1.54) is 6.92 Å². The van der Waals surface area contributed by atoms with Crippen molar-refractivity contribution in [3.05, 3.63) is 0 Å². The summed E-state index contributed by atoms with van der Waals surface area (Å²) in [5.74, 6) is 3.87. The summed E-state index contributed by atoms with van der Waals surface area (Å²) in [6.45, 7) is 0.998. The Morgan fingerprint density at radius 2 is 1.91 bits per heavy atom. The van der Waals surface area contributed by atoms with Gasteiger partial charge in [-0.05, 0) is 39.7 Å². The molecule has 1 unspecified atom stereocenters. The van der Waals surface area contributed by atoms with Gasteiger partial charge in [0.15, 0.2) is 0 Å². The second kappa shape index (κ2) is 14.0. The minimum atomic E-state index is -1.23. The van der Waals surface area contributed by atoms with E-state index in [-0.39, 0.29) is 31.7 Å². The van der Waals surface area contributed by atoms with Crippen LogP contribution in [0.3, 0.4) is 0 Å². The fourth-order valence-corrected chi connectivity index (χ4v) is 3.32. The van der Waals surface area contributed by atoms with Crippen molar-refractivity contribution >= 4 is 23.6 Å². The summed E-state index contributed by atoms with van der Waals surface area (Å²) in [6, 6.07) is -3.75. The quantitative estimate of drug-likeness (QED) is 0.192. The van der Waals surface area contributed by atoms with Crippen molar-refractivity contribution in [3.63, 3.8) is 0 Å². The first kappa shape index (κ1) is 27.7. The standard InChI is InChI=1S/C19H37N7O6/c1-11(28)14-9-26(21)15(10-27)19(32)24-12(17(20)30)5-3-4-8-23-16(29)7-6-13(22-2)18(31)25-14/h11-15,22,27-28H,3-10,21H2,1-2H3,(H2,20,30)(H,23,29)(H,24,32)(H,25,31)/t11?,12-,13-,14+,15-/m0/s1. The number of hydrazine groups is 1. The Balaban J connectivity index is 3.07. The largest absolute Gasteiger partial charge is 0.394 e. The third-order valence-corrected chi connectivity index (χ3v) is 5.42. The van der Waals surface area contributed by atoms with Gasteiger partial charge < -0.3 is 37.2 Å². The Bertz CT molecular complexity index is 648. The highest BCUT2D eigenvalue weighted by atomic mass is 16.3. The number of amides is 4. The number of hydrogen-bond donors (Lipinski definition) is 8. The second-order valence-corrected chi connectivity index (χ2v) is 7.94. The van der Waals surface area contributed by atoms with Gasteiger partial charge in [-0.15, -0.1) is 0 Å². The smallest absolute Gasteiger partial charge is 0.241 e. The van der Waals surface area contributed by atoms with Crippen LogP contribution < -0.4 is 32.8 Å². The Morgan fingerprint density at radius 1 is 1.22 bits per heavy atom. The first-order valence-electron chi connectivity index (χ1n) is 10.7. The van der Waals surface area contributed by atoms with E-state index in [1.54, 1.807) is 7.05 Å². The molecular formula is C19H37N7O6. The van der Waals surface area contributed by atoms with E-state index < -0.39 is 54.6 Å². The number of nitrogens with two attached hydrogens (primary N) is 2.